The third-order valence-electron chi connectivity index (χ3n) is 11.6. The van der Waals surface area contributed by atoms with Crippen molar-refractivity contribution in [3.05, 3.63) is 0 Å². The molecule has 6 rings (SSSR count). The minimum atomic E-state index is -0.231. The van der Waals surface area contributed by atoms with Crippen molar-refractivity contribution in [3.8, 4) is 0 Å². The second-order valence-electron chi connectivity index (χ2n) is 14.4. The molecule has 4 unspecified atom stereocenters. The van der Waals surface area contributed by atoms with Gasteiger partial charge in [0.1, 0.15) is 0 Å². The zero-order valence-electron chi connectivity index (χ0n) is 22.2. The first-order valence-electron chi connectivity index (χ1n) is 13.5. The number of ether oxygens (including phenoxy) is 5. The number of hydrogen-bond donors (Lipinski definition) is 0. The van der Waals surface area contributed by atoms with Crippen LogP contribution in [0.4, 0.5) is 0 Å². The topological polar surface area (TPSA) is 59.4 Å². The average molecular weight is 463 g/mol. The van der Waals surface area contributed by atoms with Crippen LogP contribution in [-0.4, -0.2) is 62.0 Å². The van der Waals surface area contributed by atoms with Crippen molar-refractivity contribution in [3.63, 3.8) is 0 Å². The van der Waals surface area contributed by atoms with E-state index in [1.165, 1.54) is 0 Å². The Morgan fingerprint density at radius 1 is 0.515 bits per heavy atom. The molecule has 0 aromatic carbocycles. The molecule has 2 aliphatic carbocycles. The maximum Gasteiger partial charge on any atom is 0.0837 e. The Labute approximate surface area is 200 Å². The van der Waals surface area contributed by atoms with Crippen molar-refractivity contribution < 1.29 is 23.7 Å². The van der Waals surface area contributed by atoms with Gasteiger partial charge in [0.15, 0.2) is 0 Å². The van der Waals surface area contributed by atoms with Crippen molar-refractivity contribution in [1.29, 1.82) is 0 Å². The molecule has 5 heteroatoms. The highest BCUT2D eigenvalue weighted by Gasteiger charge is 2.81. The molecule has 5 nitrogen and oxygen atoms in total. The second kappa shape index (κ2) is 6.76. The summed E-state index contributed by atoms with van der Waals surface area (Å²) >= 11 is 0. The van der Waals surface area contributed by atoms with Gasteiger partial charge in [0, 0.05) is 12.8 Å². The Hall–Kier alpha value is -0.200. The molecule has 33 heavy (non-hydrogen) atoms. The summed E-state index contributed by atoms with van der Waals surface area (Å²) in [5.74, 6) is 1.15. The van der Waals surface area contributed by atoms with Crippen molar-refractivity contribution in [2.75, 3.05) is 26.4 Å². The molecule has 0 aromatic rings. The summed E-state index contributed by atoms with van der Waals surface area (Å²) in [7, 11) is 0. The van der Waals surface area contributed by atoms with Crippen LogP contribution < -0.4 is 0 Å². The van der Waals surface area contributed by atoms with Gasteiger partial charge in [-0.3, -0.25) is 0 Å². The van der Waals surface area contributed by atoms with Crippen LogP contribution in [0.2, 0.25) is 0 Å². The van der Waals surface area contributed by atoms with Gasteiger partial charge in [-0.1, -0.05) is 55.4 Å². The van der Waals surface area contributed by atoms with Crippen molar-refractivity contribution in [2.24, 2.45) is 33.5 Å². The summed E-state index contributed by atoms with van der Waals surface area (Å²) in [5, 5.41) is 0. The van der Waals surface area contributed by atoms with E-state index in [2.05, 4.69) is 55.4 Å². The Morgan fingerprint density at radius 3 is 1.03 bits per heavy atom. The van der Waals surface area contributed by atoms with Crippen LogP contribution in [0.15, 0.2) is 0 Å². The van der Waals surface area contributed by atoms with Gasteiger partial charge in [0.25, 0.3) is 0 Å². The summed E-state index contributed by atoms with van der Waals surface area (Å²) in [6.07, 6.45) is 5.81. The Bertz CT molecular complexity index is 699. The lowest BCUT2D eigenvalue weighted by atomic mass is 9.33. The maximum atomic E-state index is 7.88. The minimum absolute atomic E-state index is 0.0582. The fourth-order valence-corrected chi connectivity index (χ4v) is 9.52. The molecule has 0 radical (unpaired) electrons. The van der Waals surface area contributed by atoms with Crippen molar-refractivity contribution in [1.82, 2.24) is 0 Å². The van der Waals surface area contributed by atoms with Gasteiger partial charge in [0.05, 0.1) is 62.0 Å². The van der Waals surface area contributed by atoms with E-state index in [0.717, 1.165) is 52.1 Å². The summed E-state index contributed by atoms with van der Waals surface area (Å²) in [5.41, 5.74) is -0.229. The highest BCUT2D eigenvalue weighted by molar-refractivity contribution is 5.28. The highest BCUT2D eigenvalue weighted by atomic mass is 16.6. The highest BCUT2D eigenvalue weighted by Crippen LogP contribution is 2.78. The SMILES string of the molecule is CC1(C)C(CC2CO2)C(C)(C)C1(CC1CO1)OC1(CC2CO2)C(C)(C)C(CC2CO2)C1(C)C. The van der Waals surface area contributed by atoms with Gasteiger partial charge >= 0.3 is 0 Å². The lowest BCUT2D eigenvalue weighted by molar-refractivity contribution is -0.432. The standard InChI is InChI=1S/C28H46O5/c1-23(2)21(9-17-13-29-17)24(3,4)27(23,11-19-15-31-19)33-28(12-20-16-32-20)25(5,6)22(26(28,7)8)10-18-14-30-18/h17-22H,9-16H2,1-8H3. The Morgan fingerprint density at radius 2 is 0.788 bits per heavy atom. The van der Waals surface area contributed by atoms with Gasteiger partial charge in [-0.2, -0.15) is 0 Å². The summed E-state index contributed by atoms with van der Waals surface area (Å²) in [6.45, 7) is 23.3. The predicted octanol–water partition coefficient (Wildman–Crippen LogP) is 5.00. The van der Waals surface area contributed by atoms with E-state index in [9.17, 15) is 0 Å². The van der Waals surface area contributed by atoms with Crippen LogP contribution in [0, 0.1) is 33.5 Å². The molecule has 0 N–H and O–H groups in total. The lowest BCUT2D eigenvalue weighted by Crippen LogP contribution is -2.83. The lowest BCUT2D eigenvalue weighted by Gasteiger charge is -2.80. The first kappa shape index (κ1) is 23.2. The van der Waals surface area contributed by atoms with Crippen molar-refractivity contribution >= 4 is 0 Å². The zero-order valence-corrected chi connectivity index (χ0v) is 22.2. The van der Waals surface area contributed by atoms with Gasteiger partial charge in [-0.25, -0.2) is 0 Å². The number of epoxide rings is 4. The van der Waals surface area contributed by atoms with Crippen LogP contribution in [0.5, 0.6) is 0 Å². The second-order valence-corrected chi connectivity index (χ2v) is 14.4. The molecule has 2 saturated carbocycles. The van der Waals surface area contributed by atoms with Crippen LogP contribution in [0.3, 0.4) is 0 Å². The first-order chi connectivity index (χ1) is 15.3. The summed E-state index contributed by atoms with van der Waals surface area (Å²) in [4.78, 5) is 0. The maximum absolute atomic E-state index is 7.88. The average Bonchev–Trinajstić information content (AvgIpc) is 3.54. The molecule has 6 aliphatic rings. The minimum Gasteiger partial charge on any atom is -0.373 e. The van der Waals surface area contributed by atoms with Crippen LogP contribution >= 0.6 is 0 Å². The fourth-order valence-electron chi connectivity index (χ4n) is 9.52. The molecule has 4 heterocycles. The molecule has 0 amide bonds. The molecular weight excluding hydrogens is 416 g/mol. The van der Waals surface area contributed by atoms with Gasteiger partial charge in [-0.05, 0) is 46.3 Å². The van der Waals surface area contributed by atoms with Gasteiger partial charge in [-0.15, -0.1) is 0 Å². The van der Waals surface area contributed by atoms with Crippen LogP contribution in [0.1, 0.15) is 81.1 Å². The predicted molar refractivity (Wildman–Crippen MR) is 126 cm³/mol. The molecule has 188 valence electrons. The third-order valence-corrected chi connectivity index (χ3v) is 11.6. The van der Waals surface area contributed by atoms with Crippen molar-refractivity contribution in [2.45, 2.75) is 117 Å². The molecule has 4 atom stereocenters. The van der Waals surface area contributed by atoms with E-state index in [4.69, 9.17) is 23.7 Å². The third kappa shape index (κ3) is 3.08. The summed E-state index contributed by atoms with van der Waals surface area (Å²) < 4.78 is 31.0. The van der Waals surface area contributed by atoms with E-state index < -0.39 is 0 Å². The molecule has 0 spiro atoms. The number of hydrogen-bond acceptors (Lipinski definition) is 5. The molecule has 0 bridgehead atoms. The van der Waals surface area contributed by atoms with E-state index >= 15 is 0 Å². The number of rotatable bonds is 10. The van der Waals surface area contributed by atoms with E-state index in [-0.39, 0.29) is 32.9 Å². The fraction of sp³-hybridized carbons (Fsp3) is 1.00. The van der Waals surface area contributed by atoms with Crippen LogP contribution in [-0.2, 0) is 23.7 Å². The van der Waals surface area contributed by atoms with E-state index in [1.807, 2.05) is 0 Å². The molecule has 4 saturated heterocycles. The largest absolute Gasteiger partial charge is 0.373 e. The molecule has 6 fully saturated rings. The quantitative estimate of drug-likeness (QED) is 0.428. The zero-order chi connectivity index (χ0) is 23.7. The van der Waals surface area contributed by atoms with Gasteiger partial charge in [0.2, 0.25) is 0 Å². The Balaban J connectivity index is 1.38. The first-order valence-corrected chi connectivity index (χ1v) is 13.5. The molecule has 4 aliphatic heterocycles. The summed E-state index contributed by atoms with van der Waals surface area (Å²) in [6, 6.07) is 0. The normalized spacial score (nSPS) is 51.3. The smallest absolute Gasteiger partial charge is 0.0837 e. The van der Waals surface area contributed by atoms with E-state index in [0.29, 0.717) is 36.3 Å². The van der Waals surface area contributed by atoms with Crippen LogP contribution in [0.25, 0.3) is 0 Å². The molecular formula is C28H46O5. The Kier molecular flexibility index (Phi) is 4.76. The van der Waals surface area contributed by atoms with E-state index in [1.54, 1.807) is 0 Å². The monoisotopic (exact) mass is 462 g/mol. The molecule has 0 aromatic heterocycles. The van der Waals surface area contributed by atoms with Gasteiger partial charge < -0.3 is 23.7 Å².